The Balaban J connectivity index is 1.74. The van der Waals surface area contributed by atoms with Gasteiger partial charge in [-0.2, -0.15) is 0 Å². The van der Waals surface area contributed by atoms with Gasteiger partial charge in [0.2, 0.25) is 0 Å². The first kappa shape index (κ1) is 13.9. The molecule has 1 aliphatic carbocycles. The fourth-order valence-electron chi connectivity index (χ4n) is 2.94. The minimum absolute atomic E-state index is 0.00537. The fourth-order valence-corrected chi connectivity index (χ4v) is 2.94. The predicted molar refractivity (Wildman–Crippen MR) is 86.1 cm³/mol. The molecule has 110 valence electrons. The molecule has 0 radical (unpaired) electrons. The molecule has 0 aromatic heterocycles. The summed E-state index contributed by atoms with van der Waals surface area (Å²) in [6, 6.07) is 12.0. The van der Waals surface area contributed by atoms with Crippen molar-refractivity contribution in [3.63, 3.8) is 0 Å². The van der Waals surface area contributed by atoms with E-state index in [1.807, 2.05) is 36.4 Å². The van der Waals surface area contributed by atoms with Gasteiger partial charge in [-0.1, -0.05) is 12.1 Å². The highest BCUT2D eigenvalue weighted by atomic mass is 16.1. The van der Waals surface area contributed by atoms with Gasteiger partial charge in [-0.15, -0.1) is 0 Å². The number of rotatable bonds is 2. The van der Waals surface area contributed by atoms with E-state index in [0.29, 0.717) is 11.6 Å². The van der Waals surface area contributed by atoms with E-state index < -0.39 is 0 Å². The molecule has 0 aliphatic heterocycles. The summed E-state index contributed by atoms with van der Waals surface area (Å²) in [5, 5.41) is 5.19. The summed E-state index contributed by atoms with van der Waals surface area (Å²) < 4.78 is 0. The predicted octanol–water partition coefficient (Wildman–Crippen LogP) is 2.42. The second kappa shape index (κ2) is 5.74. The number of anilines is 1. The molecule has 21 heavy (non-hydrogen) atoms. The molecule has 0 heterocycles. The Morgan fingerprint density at radius 1 is 1.00 bits per heavy atom. The minimum atomic E-state index is -0.00537. The molecule has 1 fully saturated rings. The number of carbonyl (C=O) groups excluding carboxylic acids is 1. The highest BCUT2D eigenvalue weighted by molar-refractivity contribution is 5.99. The van der Waals surface area contributed by atoms with Crippen molar-refractivity contribution in [3.05, 3.63) is 42.0 Å². The molecule has 0 unspecified atom stereocenters. The first-order chi connectivity index (χ1) is 10.1. The van der Waals surface area contributed by atoms with Crippen LogP contribution >= 0.6 is 0 Å². The number of nitrogens with one attached hydrogen (secondary N) is 1. The fraction of sp³-hybridized carbons (Fsp3) is 0.353. The molecular weight excluding hydrogens is 262 g/mol. The highest BCUT2D eigenvalue weighted by Gasteiger charge is 2.20. The molecule has 5 N–H and O–H groups in total. The first-order valence-corrected chi connectivity index (χ1v) is 7.47. The zero-order chi connectivity index (χ0) is 14.8. The zero-order valence-corrected chi connectivity index (χ0v) is 12.0. The van der Waals surface area contributed by atoms with Crippen molar-refractivity contribution < 1.29 is 4.79 Å². The second-order valence-corrected chi connectivity index (χ2v) is 5.91. The number of nitrogens with two attached hydrogens (primary N) is 2. The second-order valence-electron chi connectivity index (χ2n) is 5.91. The van der Waals surface area contributed by atoms with E-state index in [1.54, 1.807) is 0 Å². The molecular formula is C17H21N3O. The van der Waals surface area contributed by atoms with Crippen molar-refractivity contribution in [3.8, 4) is 0 Å². The smallest absolute Gasteiger partial charge is 0.251 e. The van der Waals surface area contributed by atoms with Crippen LogP contribution < -0.4 is 16.8 Å². The largest absolute Gasteiger partial charge is 0.399 e. The number of hydrogen-bond donors (Lipinski definition) is 3. The van der Waals surface area contributed by atoms with E-state index in [9.17, 15) is 4.79 Å². The summed E-state index contributed by atoms with van der Waals surface area (Å²) in [7, 11) is 0. The Labute approximate surface area is 124 Å². The van der Waals surface area contributed by atoms with Crippen molar-refractivity contribution in [1.82, 2.24) is 5.32 Å². The Bertz CT molecular complexity index is 660. The number of amides is 1. The minimum Gasteiger partial charge on any atom is -0.399 e. The molecule has 1 saturated carbocycles. The van der Waals surface area contributed by atoms with Gasteiger partial charge >= 0.3 is 0 Å². The van der Waals surface area contributed by atoms with Crippen molar-refractivity contribution in [2.24, 2.45) is 5.73 Å². The topological polar surface area (TPSA) is 81.1 Å². The number of hydrogen-bond acceptors (Lipinski definition) is 3. The van der Waals surface area contributed by atoms with Gasteiger partial charge in [-0.3, -0.25) is 4.79 Å². The van der Waals surface area contributed by atoms with Gasteiger partial charge in [0.1, 0.15) is 0 Å². The standard InChI is InChI=1S/C17H21N3O/c18-14-5-7-16(8-6-14)20-17(21)13-2-1-12-10-15(19)4-3-11(12)9-13/h1-4,9-10,14,16H,5-8,18-19H2,(H,20,21)/t14-,16-. The van der Waals surface area contributed by atoms with Gasteiger partial charge in [-0.25, -0.2) is 0 Å². The zero-order valence-electron chi connectivity index (χ0n) is 12.0. The van der Waals surface area contributed by atoms with E-state index in [4.69, 9.17) is 11.5 Å². The van der Waals surface area contributed by atoms with E-state index >= 15 is 0 Å². The molecule has 0 atom stereocenters. The highest BCUT2D eigenvalue weighted by Crippen LogP contribution is 2.20. The summed E-state index contributed by atoms with van der Waals surface area (Å²) in [4.78, 5) is 12.3. The van der Waals surface area contributed by atoms with Gasteiger partial charge in [0.05, 0.1) is 0 Å². The van der Waals surface area contributed by atoms with E-state index in [1.165, 1.54) is 0 Å². The van der Waals surface area contributed by atoms with Crippen LogP contribution in [-0.4, -0.2) is 18.0 Å². The number of carbonyl (C=O) groups is 1. The van der Waals surface area contributed by atoms with Crippen LogP contribution in [0, 0.1) is 0 Å². The summed E-state index contributed by atoms with van der Waals surface area (Å²) in [5.41, 5.74) is 13.1. The van der Waals surface area contributed by atoms with Gasteiger partial charge < -0.3 is 16.8 Å². The third kappa shape index (κ3) is 3.16. The molecule has 4 nitrogen and oxygen atoms in total. The van der Waals surface area contributed by atoms with Crippen molar-refractivity contribution >= 4 is 22.4 Å². The van der Waals surface area contributed by atoms with Gasteiger partial charge in [-0.05, 0) is 60.7 Å². The van der Waals surface area contributed by atoms with Crippen LogP contribution in [0.25, 0.3) is 10.8 Å². The van der Waals surface area contributed by atoms with Crippen LogP contribution in [-0.2, 0) is 0 Å². The maximum absolute atomic E-state index is 12.3. The lowest BCUT2D eigenvalue weighted by Crippen LogP contribution is -2.40. The maximum Gasteiger partial charge on any atom is 0.251 e. The lowest BCUT2D eigenvalue weighted by molar-refractivity contribution is 0.0926. The average Bonchev–Trinajstić information content (AvgIpc) is 2.49. The summed E-state index contributed by atoms with van der Waals surface area (Å²) >= 11 is 0. The molecule has 3 rings (SSSR count). The molecule has 0 spiro atoms. The van der Waals surface area contributed by atoms with Crippen LogP contribution in [0.5, 0.6) is 0 Å². The molecule has 0 saturated heterocycles. The number of fused-ring (bicyclic) bond motifs is 1. The lowest BCUT2D eigenvalue weighted by Gasteiger charge is -2.26. The third-order valence-electron chi connectivity index (χ3n) is 4.23. The van der Waals surface area contributed by atoms with E-state index in [2.05, 4.69) is 5.32 Å². The van der Waals surface area contributed by atoms with E-state index in [-0.39, 0.29) is 11.9 Å². The Morgan fingerprint density at radius 2 is 1.67 bits per heavy atom. The summed E-state index contributed by atoms with van der Waals surface area (Å²) in [5.74, 6) is -0.00537. The molecule has 0 bridgehead atoms. The van der Waals surface area contributed by atoms with E-state index in [0.717, 1.165) is 42.1 Å². The van der Waals surface area contributed by atoms with Gasteiger partial charge in [0.15, 0.2) is 0 Å². The number of nitrogen functional groups attached to an aromatic ring is 1. The molecule has 4 heteroatoms. The monoisotopic (exact) mass is 283 g/mol. The Kier molecular flexibility index (Phi) is 3.80. The van der Waals surface area contributed by atoms with Crippen LogP contribution in [0.15, 0.2) is 36.4 Å². The van der Waals surface area contributed by atoms with Gasteiger partial charge in [0, 0.05) is 23.3 Å². The Morgan fingerprint density at radius 3 is 2.43 bits per heavy atom. The molecule has 2 aromatic carbocycles. The SMILES string of the molecule is Nc1ccc2cc(C(=O)N[C@H]3CC[C@H](N)CC3)ccc2c1. The first-order valence-electron chi connectivity index (χ1n) is 7.47. The summed E-state index contributed by atoms with van der Waals surface area (Å²) in [6.07, 6.45) is 3.91. The molecule has 1 aliphatic rings. The maximum atomic E-state index is 12.3. The van der Waals surface area contributed by atoms with Crippen molar-refractivity contribution in [1.29, 1.82) is 0 Å². The molecule has 1 amide bonds. The average molecular weight is 283 g/mol. The molecule has 2 aromatic rings. The Hall–Kier alpha value is -2.07. The third-order valence-corrected chi connectivity index (χ3v) is 4.23. The van der Waals surface area contributed by atoms with Crippen LogP contribution in [0.3, 0.4) is 0 Å². The summed E-state index contributed by atoms with van der Waals surface area (Å²) in [6.45, 7) is 0. The lowest BCUT2D eigenvalue weighted by atomic mass is 9.91. The quantitative estimate of drug-likeness (QED) is 0.740. The van der Waals surface area contributed by atoms with Crippen LogP contribution in [0.1, 0.15) is 36.0 Å². The van der Waals surface area contributed by atoms with Crippen LogP contribution in [0.4, 0.5) is 5.69 Å². The van der Waals surface area contributed by atoms with Crippen LogP contribution in [0.2, 0.25) is 0 Å². The van der Waals surface area contributed by atoms with Crippen molar-refractivity contribution in [2.45, 2.75) is 37.8 Å². The van der Waals surface area contributed by atoms with Crippen molar-refractivity contribution in [2.75, 3.05) is 5.73 Å². The number of benzene rings is 2. The normalized spacial score (nSPS) is 22.1. The van der Waals surface area contributed by atoms with Gasteiger partial charge in [0.25, 0.3) is 5.91 Å².